The fourth-order valence-electron chi connectivity index (χ4n) is 5.14. The first kappa shape index (κ1) is 23.5. The standard InChI is InChI=1S/C26H37N5O2/c1-17(2)33-26(32)23-15-22-14-20(24-8-11-27-29(24)7)16-31(22)25(18(23)3)19(4)30-12-9-21(10-13-30)28(5)6/h8,11,14-17,19,21H,9-10,12-13H2,1-7H3. The Hall–Kier alpha value is -2.64. The summed E-state index contributed by atoms with van der Waals surface area (Å²) in [7, 11) is 6.29. The van der Waals surface area contributed by atoms with Crippen molar-refractivity contribution in [2.24, 2.45) is 7.05 Å². The summed E-state index contributed by atoms with van der Waals surface area (Å²) in [4.78, 5) is 17.9. The molecule has 1 atom stereocenters. The fraction of sp³-hybridized carbons (Fsp3) is 0.538. The van der Waals surface area contributed by atoms with Gasteiger partial charge in [-0.25, -0.2) is 4.79 Å². The van der Waals surface area contributed by atoms with Crippen LogP contribution >= 0.6 is 0 Å². The molecule has 7 heteroatoms. The van der Waals surface area contributed by atoms with E-state index in [0.29, 0.717) is 11.6 Å². The van der Waals surface area contributed by atoms with Gasteiger partial charge in [-0.15, -0.1) is 0 Å². The summed E-state index contributed by atoms with van der Waals surface area (Å²) in [6.07, 6.45) is 6.14. The number of hydrogen-bond acceptors (Lipinski definition) is 5. The Labute approximate surface area is 196 Å². The molecule has 3 aromatic heterocycles. The van der Waals surface area contributed by atoms with Crippen LogP contribution in [0.3, 0.4) is 0 Å². The average Bonchev–Trinajstić information content (AvgIpc) is 3.37. The summed E-state index contributed by atoms with van der Waals surface area (Å²) in [5, 5.41) is 4.33. The molecular weight excluding hydrogens is 414 g/mol. The number of pyridine rings is 1. The van der Waals surface area contributed by atoms with Crippen molar-refractivity contribution in [3.8, 4) is 11.3 Å². The van der Waals surface area contributed by atoms with Gasteiger partial charge in [0.15, 0.2) is 0 Å². The molecule has 4 rings (SSSR count). The SMILES string of the molecule is Cc1c(C(=O)OC(C)C)cc2cc(-c3ccnn3C)cn2c1C(C)N1CCC(N(C)C)CC1. The summed E-state index contributed by atoms with van der Waals surface area (Å²) in [6.45, 7) is 10.2. The number of fused-ring (bicyclic) bond motifs is 1. The van der Waals surface area contributed by atoms with Crippen molar-refractivity contribution in [3.63, 3.8) is 0 Å². The molecule has 1 saturated heterocycles. The zero-order valence-corrected chi connectivity index (χ0v) is 21.0. The molecule has 7 nitrogen and oxygen atoms in total. The molecule has 0 spiro atoms. The number of nitrogens with zero attached hydrogens (tertiary/aromatic N) is 5. The normalized spacial score (nSPS) is 16.8. The molecule has 0 N–H and O–H groups in total. The van der Waals surface area contributed by atoms with Crippen LogP contribution in [-0.2, 0) is 11.8 Å². The fourth-order valence-corrected chi connectivity index (χ4v) is 5.14. The predicted octanol–water partition coefficient (Wildman–Crippen LogP) is 4.30. The van der Waals surface area contributed by atoms with Crippen molar-refractivity contribution in [1.29, 1.82) is 0 Å². The summed E-state index contributed by atoms with van der Waals surface area (Å²) in [5.41, 5.74) is 5.92. The molecule has 1 aliphatic rings. The molecule has 0 bridgehead atoms. The van der Waals surface area contributed by atoms with Crippen LogP contribution in [0.15, 0.2) is 30.6 Å². The Morgan fingerprint density at radius 3 is 2.45 bits per heavy atom. The van der Waals surface area contributed by atoms with Crippen LogP contribution in [0.1, 0.15) is 61.3 Å². The minimum atomic E-state index is -0.256. The summed E-state index contributed by atoms with van der Waals surface area (Å²) >= 11 is 0. The second-order valence-corrected chi connectivity index (χ2v) is 9.79. The number of hydrogen-bond donors (Lipinski definition) is 0. The minimum absolute atomic E-state index is 0.157. The Kier molecular flexibility index (Phi) is 6.64. The largest absolute Gasteiger partial charge is 0.459 e. The molecule has 0 radical (unpaired) electrons. The van der Waals surface area contributed by atoms with Gasteiger partial charge in [0, 0.05) is 61.4 Å². The van der Waals surface area contributed by atoms with Gasteiger partial charge >= 0.3 is 5.97 Å². The lowest BCUT2D eigenvalue weighted by Gasteiger charge is -2.39. The van der Waals surface area contributed by atoms with E-state index < -0.39 is 0 Å². The quantitative estimate of drug-likeness (QED) is 0.523. The summed E-state index contributed by atoms with van der Waals surface area (Å²) < 4.78 is 9.74. The van der Waals surface area contributed by atoms with Crippen molar-refractivity contribution in [2.75, 3.05) is 27.2 Å². The zero-order valence-electron chi connectivity index (χ0n) is 21.0. The third kappa shape index (κ3) is 4.57. The van der Waals surface area contributed by atoms with E-state index in [2.05, 4.69) is 59.5 Å². The Balaban J connectivity index is 1.80. The molecule has 0 saturated carbocycles. The van der Waals surface area contributed by atoms with E-state index in [1.807, 2.05) is 43.9 Å². The van der Waals surface area contributed by atoms with Gasteiger partial charge in [0.2, 0.25) is 0 Å². The number of carbonyl (C=O) groups excluding carboxylic acids is 1. The van der Waals surface area contributed by atoms with Gasteiger partial charge in [-0.1, -0.05) is 0 Å². The number of ether oxygens (including phenoxy) is 1. The molecule has 0 aromatic carbocycles. The van der Waals surface area contributed by atoms with Gasteiger partial charge in [0.1, 0.15) is 0 Å². The van der Waals surface area contributed by atoms with Crippen LogP contribution in [0.5, 0.6) is 0 Å². The number of piperidine rings is 1. The Morgan fingerprint density at radius 2 is 1.88 bits per heavy atom. The molecule has 4 heterocycles. The van der Waals surface area contributed by atoms with Crippen molar-refractivity contribution in [3.05, 3.63) is 47.4 Å². The summed E-state index contributed by atoms with van der Waals surface area (Å²) in [6, 6.07) is 6.93. The Bertz CT molecular complexity index is 1140. The van der Waals surface area contributed by atoms with E-state index in [1.54, 1.807) is 0 Å². The second kappa shape index (κ2) is 9.31. The topological polar surface area (TPSA) is 55.0 Å². The molecule has 178 valence electrons. The molecule has 33 heavy (non-hydrogen) atoms. The predicted molar refractivity (Wildman–Crippen MR) is 132 cm³/mol. The van der Waals surface area contributed by atoms with Gasteiger partial charge in [0.05, 0.1) is 17.4 Å². The molecular formula is C26H37N5O2. The van der Waals surface area contributed by atoms with Crippen molar-refractivity contribution in [1.82, 2.24) is 24.0 Å². The third-order valence-electron chi connectivity index (χ3n) is 7.04. The van der Waals surface area contributed by atoms with E-state index in [9.17, 15) is 4.79 Å². The van der Waals surface area contributed by atoms with Gasteiger partial charge < -0.3 is 14.0 Å². The lowest BCUT2D eigenvalue weighted by atomic mass is 9.98. The van der Waals surface area contributed by atoms with E-state index >= 15 is 0 Å². The highest BCUT2D eigenvalue weighted by atomic mass is 16.5. The summed E-state index contributed by atoms with van der Waals surface area (Å²) in [5.74, 6) is -0.256. The van der Waals surface area contributed by atoms with Gasteiger partial charge in [-0.2, -0.15) is 5.10 Å². The highest BCUT2D eigenvalue weighted by molar-refractivity contribution is 5.93. The number of likely N-dealkylation sites (tertiary alicyclic amines) is 1. The first-order valence-electron chi connectivity index (χ1n) is 11.9. The molecule has 0 aliphatic carbocycles. The highest BCUT2D eigenvalue weighted by Gasteiger charge is 2.29. The highest BCUT2D eigenvalue weighted by Crippen LogP contribution is 2.33. The Morgan fingerprint density at radius 1 is 1.18 bits per heavy atom. The van der Waals surface area contributed by atoms with E-state index in [4.69, 9.17) is 4.74 Å². The van der Waals surface area contributed by atoms with Crippen molar-refractivity contribution < 1.29 is 9.53 Å². The average molecular weight is 452 g/mol. The number of rotatable bonds is 6. The second-order valence-electron chi connectivity index (χ2n) is 9.79. The zero-order chi connectivity index (χ0) is 23.9. The van der Waals surface area contributed by atoms with Crippen LogP contribution in [0.25, 0.3) is 16.8 Å². The minimum Gasteiger partial charge on any atom is -0.459 e. The lowest BCUT2D eigenvalue weighted by molar-refractivity contribution is 0.0376. The third-order valence-corrected chi connectivity index (χ3v) is 7.04. The molecule has 1 aliphatic heterocycles. The van der Waals surface area contributed by atoms with E-state index in [0.717, 1.165) is 54.0 Å². The lowest BCUT2D eigenvalue weighted by Crippen LogP contribution is -2.43. The maximum Gasteiger partial charge on any atom is 0.338 e. The van der Waals surface area contributed by atoms with Crippen LogP contribution < -0.4 is 0 Å². The van der Waals surface area contributed by atoms with E-state index in [-0.39, 0.29) is 18.1 Å². The monoisotopic (exact) mass is 451 g/mol. The van der Waals surface area contributed by atoms with Crippen LogP contribution in [0, 0.1) is 6.92 Å². The van der Waals surface area contributed by atoms with Crippen LogP contribution in [0.2, 0.25) is 0 Å². The van der Waals surface area contributed by atoms with Gasteiger partial charge in [0.25, 0.3) is 0 Å². The number of aromatic nitrogens is 3. The van der Waals surface area contributed by atoms with Gasteiger partial charge in [-0.05, 0) is 78.4 Å². The first-order valence-corrected chi connectivity index (χ1v) is 11.9. The first-order chi connectivity index (χ1) is 15.7. The maximum atomic E-state index is 13.0. The number of carbonyl (C=O) groups is 1. The van der Waals surface area contributed by atoms with Crippen LogP contribution in [-0.4, -0.2) is 69.3 Å². The van der Waals surface area contributed by atoms with E-state index in [1.165, 1.54) is 0 Å². The number of aryl methyl sites for hydroxylation is 1. The molecule has 3 aromatic rings. The smallest absolute Gasteiger partial charge is 0.338 e. The van der Waals surface area contributed by atoms with Gasteiger partial charge in [-0.3, -0.25) is 9.58 Å². The molecule has 1 fully saturated rings. The van der Waals surface area contributed by atoms with Crippen molar-refractivity contribution in [2.45, 2.75) is 58.7 Å². The molecule has 0 amide bonds. The van der Waals surface area contributed by atoms with Crippen LogP contribution in [0.4, 0.5) is 0 Å². The maximum absolute atomic E-state index is 13.0. The van der Waals surface area contributed by atoms with Crippen molar-refractivity contribution >= 4 is 11.5 Å². The number of esters is 1. The molecule has 1 unspecified atom stereocenters.